The summed E-state index contributed by atoms with van der Waals surface area (Å²) in [6, 6.07) is 9.57. The number of aromatic nitrogens is 3. The van der Waals surface area contributed by atoms with Gasteiger partial charge in [-0.2, -0.15) is 0 Å². The van der Waals surface area contributed by atoms with Gasteiger partial charge in [-0.25, -0.2) is 22.8 Å². The van der Waals surface area contributed by atoms with Crippen LogP contribution in [0, 0.1) is 5.82 Å². The van der Waals surface area contributed by atoms with Gasteiger partial charge in [-0.15, -0.1) is 0 Å². The van der Waals surface area contributed by atoms with Crippen molar-refractivity contribution in [2.45, 2.75) is 31.7 Å². The molecule has 11 heteroatoms. The van der Waals surface area contributed by atoms with Gasteiger partial charge in [0.25, 0.3) is 0 Å². The number of nitrogens with one attached hydrogen (secondary N) is 1. The van der Waals surface area contributed by atoms with Crippen molar-refractivity contribution in [2.24, 2.45) is 0 Å². The summed E-state index contributed by atoms with van der Waals surface area (Å²) in [7, 11) is -6.14. The summed E-state index contributed by atoms with van der Waals surface area (Å²) in [5.41, 5.74) is 3.92. The number of halogens is 1. The number of sulfone groups is 1. The molecule has 37 heavy (non-hydrogen) atoms. The van der Waals surface area contributed by atoms with Crippen LogP contribution in [0.4, 0.5) is 10.3 Å². The Bertz CT molecular complexity index is 1640. The minimum absolute atomic E-state index is 0.190. The van der Waals surface area contributed by atoms with Crippen molar-refractivity contribution < 1.29 is 22.1 Å². The van der Waals surface area contributed by atoms with Gasteiger partial charge in [0.1, 0.15) is 30.5 Å². The number of ether oxygens (including phenoxy) is 1. The molecular formula is C26H28FN4O4PS. The van der Waals surface area contributed by atoms with E-state index in [4.69, 9.17) is 4.74 Å². The normalized spacial score (nSPS) is 13.5. The fourth-order valence-corrected chi connectivity index (χ4v) is 7.27. The lowest BCUT2D eigenvalue weighted by Crippen LogP contribution is -2.14. The average Bonchev–Trinajstić information content (AvgIpc) is 3.55. The van der Waals surface area contributed by atoms with Gasteiger partial charge in [-0.3, -0.25) is 4.40 Å². The number of anilines is 1. The number of imidazole rings is 1. The number of benzene rings is 2. The molecule has 0 unspecified atom stereocenters. The molecule has 0 aliphatic carbocycles. The van der Waals surface area contributed by atoms with Crippen LogP contribution in [0.25, 0.3) is 16.6 Å². The molecule has 0 bridgehead atoms. The molecule has 0 saturated carbocycles. The second-order valence-electron chi connectivity index (χ2n) is 9.06. The lowest BCUT2D eigenvalue weighted by Gasteiger charge is -2.16. The Morgan fingerprint density at radius 1 is 1.11 bits per heavy atom. The first-order valence-corrected chi connectivity index (χ1v) is 16.0. The molecule has 4 aromatic rings. The van der Waals surface area contributed by atoms with Gasteiger partial charge in [0, 0.05) is 54.4 Å². The first-order valence-electron chi connectivity index (χ1n) is 12.1. The Morgan fingerprint density at radius 3 is 2.51 bits per heavy atom. The fraction of sp³-hybridized carbons (Fsp3) is 0.308. The molecule has 194 valence electrons. The molecule has 0 saturated heterocycles. The Labute approximate surface area is 215 Å². The van der Waals surface area contributed by atoms with Gasteiger partial charge in [-0.05, 0) is 29.8 Å². The summed E-state index contributed by atoms with van der Waals surface area (Å²) in [6.45, 7) is 4.49. The minimum Gasteiger partial charge on any atom is -0.493 e. The monoisotopic (exact) mass is 542 g/mol. The third-order valence-corrected chi connectivity index (χ3v) is 11.2. The Hall–Kier alpha value is -3.23. The molecule has 3 heterocycles. The van der Waals surface area contributed by atoms with E-state index < -0.39 is 17.0 Å². The van der Waals surface area contributed by atoms with Gasteiger partial charge in [-0.1, -0.05) is 26.0 Å². The van der Waals surface area contributed by atoms with Crippen molar-refractivity contribution in [3.05, 3.63) is 65.9 Å². The van der Waals surface area contributed by atoms with Crippen LogP contribution in [0.3, 0.4) is 0 Å². The molecule has 1 N–H and O–H groups in total. The van der Waals surface area contributed by atoms with Crippen LogP contribution in [0.2, 0.25) is 0 Å². The van der Waals surface area contributed by atoms with Crippen molar-refractivity contribution in [3.8, 4) is 16.9 Å². The number of rotatable bonds is 8. The Balaban J connectivity index is 1.62. The quantitative estimate of drug-likeness (QED) is 0.327. The second kappa shape index (κ2) is 9.58. The SMILES string of the molecule is CCP(=O)(CC)c1ncn2c(NCc3c(F)ccc4c3CCO4)ncc(-c3ccc(S(C)(=O)=O)cc3)c12. The summed E-state index contributed by atoms with van der Waals surface area (Å²) < 4.78 is 59.7. The lowest BCUT2D eigenvalue weighted by molar-refractivity contribution is 0.356. The van der Waals surface area contributed by atoms with Crippen LogP contribution < -0.4 is 15.5 Å². The number of hydrogen-bond donors (Lipinski definition) is 1. The number of nitrogens with zero attached hydrogens (tertiary/aromatic N) is 3. The van der Waals surface area contributed by atoms with Crippen molar-refractivity contribution in [3.63, 3.8) is 0 Å². The van der Waals surface area contributed by atoms with E-state index >= 15 is 0 Å². The summed E-state index contributed by atoms with van der Waals surface area (Å²) in [5, 5.41) is 3.23. The summed E-state index contributed by atoms with van der Waals surface area (Å²) in [4.78, 5) is 9.37. The first-order chi connectivity index (χ1) is 17.7. The van der Waals surface area contributed by atoms with E-state index in [1.807, 2.05) is 13.8 Å². The molecule has 0 fully saturated rings. The largest absolute Gasteiger partial charge is 0.493 e. The summed E-state index contributed by atoms with van der Waals surface area (Å²) in [6.07, 6.45) is 5.95. The van der Waals surface area contributed by atoms with Crippen LogP contribution in [0.15, 0.2) is 53.8 Å². The highest BCUT2D eigenvalue weighted by molar-refractivity contribution is 7.90. The molecule has 5 rings (SSSR count). The van der Waals surface area contributed by atoms with Gasteiger partial charge in [0.2, 0.25) is 5.95 Å². The van der Waals surface area contributed by atoms with Crippen molar-refractivity contribution >= 4 is 33.9 Å². The predicted octanol–water partition coefficient (Wildman–Crippen LogP) is 4.51. The zero-order valence-electron chi connectivity index (χ0n) is 20.9. The topological polar surface area (TPSA) is 103 Å². The van der Waals surface area contributed by atoms with Gasteiger partial charge in [0.05, 0.1) is 17.0 Å². The zero-order chi connectivity index (χ0) is 26.4. The van der Waals surface area contributed by atoms with E-state index in [1.165, 1.54) is 6.07 Å². The van der Waals surface area contributed by atoms with Crippen LogP contribution >= 0.6 is 7.14 Å². The van der Waals surface area contributed by atoms with E-state index in [0.29, 0.717) is 59.1 Å². The third kappa shape index (κ3) is 4.53. The van der Waals surface area contributed by atoms with Crippen LogP contribution in [0.5, 0.6) is 5.75 Å². The molecule has 0 amide bonds. The van der Waals surface area contributed by atoms with E-state index in [0.717, 1.165) is 17.4 Å². The van der Waals surface area contributed by atoms with Gasteiger partial charge < -0.3 is 14.6 Å². The summed E-state index contributed by atoms with van der Waals surface area (Å²) in [5.74, 6) is 0.809. The minimum atomic E-state index is -3.35. The molecule has 0 atom stereocenters. The lowest BCUT2D eigenvalue weighted by atomic mass is 10.0. The predicted molar refractivity (Wildman–Crippen MR) is 143 cm³/mol. The molecular weight excluding hydrogens is 514 g/mol. The zero-order valence-corrected chi connectivity index (χ0v) is 22.6. The van der Waals surface area contributed by atoms with Crippen molar-refractivity contribution in [2.75, 3.05) is 30.5 Å². The average molecular weight is 543 g/mol. The Morgan fingerprint density at radius 2 is 1.84 bits per heavy atom. The smallest absolute Gasteiger partial charge is 0.209 e. The highest BCUT2D eigenvalue weighted by Gasteiger charge is 2.28. The molecule has 0 spiro atoms. The highest BCUT2D eigenvalue weighted by Crippen LogP contribution is 2.45. The van der Waals surface area contributed by atoms with Crippen LogP contribution in [-0.4, -0.2) is 48.0 Å². The van der Waals surface area contributed by atoms with Gasteiger partial charge in [0.15, 0.2) is 9.84 Å². The van der Waals surface area contributed by atoms with E-state index in [-0.39, 0.29) is 17.3 Å². The van der Waals surface area contributed by atoms with Gasteiger partial charge >= 0.3 is 0 Å². The van der Waals surface area contributed by atoms with Crippen molar-refractivity contribution in [1.29, 1.82) is 0 Å². The number of hydrogen-bond acceptors (Lipinski definition) is 7. The van der Waals surface area contributed by atoms with E-state index in [1.54, 1.807) is 47.3 Å². The maximum absolute atomic E-state index is 14.7. The number of fused-ring (bicyclic) bond motifs is 2. The Kier molecular flexibility index (Phi) is 6.58. The molecule has 1 aliphatic rings. The fourth-order valence-electron chi connectivity index (χ4n) is 4.72. The van der Waals surface area contributed by atoms with E-state index in [2.05, 4.69) is 15.3 Å². The first kappa shape index (κ1) is 25.4. The third-order valence-electron chi connectivity index (χ3n) is 6.91. The maximum atomic E-state index is 14.7. The van der Waals surface area contributed by atoms with Crippen LogP contribution in [0.1, 0.15) is 25.0 Å². The maximum Gasteiger partial charge on any atom is 0.209 e. The molecule has 1 aliphatic heterocycles. The molecule has 2 aromatic heterocycles. The van der Waals surface area contributed by atoms with Crippen LogP contribution in [-0.2, 0) is 27.4 Å². The molecule has 2 aromatic carbocycles. The standard InChI is InChI=1S/C26H28FN4O4PS/c1-4-36(32,5-2)25-24-20(17-6-8-18(9-7-17)37(3,33)34)14-28-26(31(24)16-30-25)29-15-21-19-12-13-35-23(19)11-10-22(21)27/h6-11,14,16H,4-5,12-13,15H2,1-3H3,(H,28,29). The molecule has 0 radical (unpaired) electrons. The van der Waals surface area contributed by atoms with Crippen molar-refractivity contribution in [1.82, 2.24) is 14.4 Å². The second-order valence-corrected chi connectivity index (χ2v) is 14.5. The molecule has 8 nitrogen and oxygen atoms in total. The van der Waals surface area contributed by atoms with E-state index in [9.17, 15) is 17.4 Å². The summed E-state index contributed by atoms with van der Waals surface area (Å²) >= 11 is 0. The highest BCUT2D eigenvalue weighted by atomic mass is 32.2.